The van der Waals surface area contributed by atoms with Crippen LogP contribution in [0.15, 0.2) is 83.8 Å². The predicted octanol–water partition coefficient (Wildman–Crippen LogP) is 4.90. The molecule has 57 heavy (non-hydrogen) atoms. The van der Waals surface area contributed by atoms with E-state index >= 15 is 0 Å². The number of nitrogens with one attached hydrogen (secondary N) is 3. The molecule has 1 amide bonds. The molecule has 0 saturated heterocycles. The molecule has 2 aromatic heterocycles. The van der Waals surface area contributed by atoms with Crippen LogP contribution < -0.4 is 20.9 Å². The first-order valence-corrected chi connectivity index (χ1v) is 18.9. The molecule has 4 N–H and O–H groups in total. The number of aromatic nitrogens is 4. The number of rotatable bonds is 19. The first-order valence-electron chi connectivity index (χ1n) is 17.4. The first kappa shape index (κ1) is 41.4. The van der Waals surface area contributed by atoms with Crippen LogP contribution in [0.2, 0.25) is 0 Å². The normalized spacial score (nSPS) is 12.4. The number of carboxylic acid groups (broad SMARTS) is 1. The van der Waals surface area contributed by atoms with Crippen LogP contribution in [-0.2, 0) is 47.3 Å². The van der Waals surface area contributed by atoms with Crippen molar-refractivity contribution in [2.75, 3.05) is 11.9 Å². The number of H-pyrrole nitrogens is 1. The highest BCUT2D eigenvalue weighted by Gasteiger charge is 2.27. The van der Waals surface area contributed by atoms with Crippen LogP contribution in [0.3, 0.4) is 0 Å². The highest BCUT2D eigenvalue weighted by Crippen LogP contribution is 2.49. The van der Waals surface area contributed by atoms with Gasteiger partial charge in [0.1, 0.15) is 29.5 Å². The van der Waals surface area contributed by atoms with Gasteiger partial charge in [0.15, 0.2) is 11.2 Å². The van der Waals surface area contributed by atoms with Crippen molar-refractivity contribution in [3.8, 4) is 18.3 Å². The monoisotopic (exact) mass is 796 g/mol. The van der Waals surface area contributed by atoms with Gasteiger partial charge in [-0.1, -0.05) is 36.8 Å². The number of carbonyl (C=O) groups excluding carboxylic acids is 3. The third kappa shape index (κ3) is 11.6. The van der Waals surface area contributed by atoms with Gasteiger partial charge in [-0.15, -0.1) is 0 Å². The van der Waals surface area contributed by atoms with Crippen LogP contribution in [0.5, 0.6) is 5.75 Å². The molecule has 294 valence electrons. The molecule has 0 spiro atoms. The summed E-state index contributed by atoms with van der Waals surface area (Å²) in [7, 11) is -3.94. The van der Waals surface area contributed by atoms with Crippen molar-refractivity contribution in [3.05, 3.63) is 123 Å². The van der Waals surface area contributed by atoms with Gasteiger partial charge < -0.3 is 30.0 Å². The molecule has 2 atom stereocenters. The van der Waals surface area contributed by atoms with Gasteiger partial charge in [0.05, 0.1) is 37.2 Å². The number of aryl methyl sites for hydroxylation is 1. The molecule has 3 aromatic carbocycles. The highest BCUT2D eigenvalue weighted by atomic mass is 31.2. The summed E-state index contributed by atoms with van der Waals surface area (Å²) in [5, 5.41) is 15.4. The number of fused-ring (bicyclic) bond motifs is 1. The fourth-order valence-electron chi connectivity index (χ4n) is 5.34. The molecular weight excluding hydrogens is 759 g/mol. The number of amides is 1. The van der Waals surface area contributed by atoms with Crippen molar-refractivity contribution in [1.82, 2.24) is 25.3 Å². The number of ether oxygens (including phenoxy) is 1. The molecule has 5 aromatic rings. The number of carboxylic acids is 1. The van der Waals surface area contributed by atoms with Crippen molar-refractivity contribution in [1.29, 1.82) is 0 Å². The molecule has 0 bridgehead atoms. The number of carbonyl (C=O) groups is 4. The number of phosphoric ester groups is 1. The lowest BCUT2D eigenvalue weighted by molar-refractivity contribution is -0.139. The van der Waals surface area contributed by atoms with Gasteiger partial charge in [-0.05, 0) is 73.9 Å². The van der Waals surface area contributed by atoms with Gasteiger partial charge in [0.25, 0.3) is 11.5 Å². The number of esters is 1. The topological polar surface area (TPSA) is 238 Å². The van der Waals surface area contributed by atoms with E-state index in [0.29, 0.717) is 28.3 Å². The smallest absolute Gasteiger partial charge is 0.480 e. The number of anilines is 1. The molecule has 2 heterocycles. The number of nitrogens with zero attached hydrogens (tertiary/aromatic N) is 3. The average molecular weight is 797 g/mol. The Balaban J connectivity index is 1.11. The van der Waals surface area contributed by atoms with E-state index in [1.54, 1.807) is 62.4 Å². The number of hydrogen-bond acceptors (Lipinski definition) is 14. The van der Waals surface area contributed by atoms with Crippen LogP contribution in [0.25, 0.3) is 11.2 Å². The van der Waals surface area contributed by atoms with E-state index in [1.807, 2.05) is 0 Å². The zero-order chi connectivity index (χ0) is 41.0. The Hall–Kier alpha value is -6.73. The van der Waals surface area contributed by atoms with Gasteiger partial charge in [-0.25, -0.2) is 29.1 Å². The van der Waals surface area contributed by atoms with Crippen LogP contribution in [0.4, 0.5) is 5.69 Å². The van der Waals surface area contributed by atoms with Gasteiger partial charge in [0.2, 0.25) is 0 Å². The minimum atomic E-state index is -3.94. The Labute approximate surface area is 325 Å². The number of aliphatic carboxylic acids is 1. The van der Waals surface area contributed by atoms with E-state index in [-0.39, 0.29) is 72.8 Å². The molecule has 17 nitrogen and oxygen atoms in total. The maximum absolute atomic E-state index is 13.1. The van der Waals surface area contributed by atoms with Gasteiger partial charge in [-0.2, -0.15) is 0 Å². The lowest BCUT2D eigenvalue weighted by Gasteiger charge is -2.15. The van der Waals surface area contributed by atoms with E-state index in [0.717, 1.165) is 0 Å². The van der Waals surface area contributed by atoms with E-state index in [4.69, 9.17) is 20.2 Å². The summed E-state index contributed by atoms with van der Waals surface area (Å²) in [5.74, 6) is -2.44. The van der Waals surface area contributed by atoms with Crippen LogP contribution in [-0.4, -0.2) is 61.3 Å². The summed E-state index contributed by atoms with van der Waals surface area (Å²) < 4.78 is 32.8. The Bertz CT molecular complexity index is 2410. The maximum atomic E-state index is 13.1. The van der Waals surface area contributed by atoms with Crippen LogP contribution >= 0.6 is 7.82 Å². The van der Waals surface area contributed by atoms with E-state index in [9.17, 15) is 33.6 Å². The quantitative estimate of drug-likeness (QED) is 0.0376. The SMILES string of the molecule is C#COP(=O)(OCC)OCc1ccc(OC(=O)c2ccccc2CC(=O)CC[C@H](NC(=O)c2ccc(NCc3cnc4nc(C)[nH]c(=O)c4n3)cc2)C(=O)O)cc1. The molecule has 5 rings (SSSR count). The summed E-state index contributed by atoms with van der Waals surface area (Å²) in [6, 6.07) is 17.4. The average Bonchev–Trinajstić information content (AvgIpc) is 3.19. The van der Waals surface area contributed by atoms with Gasteiger partial charge in [0, 0.05) is 24.1 Å². The number of ketones is 1. The zero-order valence-electron chi connectivity index (χ0n) is 30.7. The zero-order valence-corrected chi connectivity index (χ0v) is 31.6. The molecular formula is C39H37N6O11P. The fourth-order valence-corrected chi connectivity index (χ4v) is 6.27. The number of hydrogen-bond donors (Lipinski definition) is 4. The summed E-state index contributed by atoms with van der Waals surface area (Å²) in [4.78, 5) is 78.6. The summed E-state index contributed by atoms with van der Waals surface area (Å²) >= 11 is 0. The molecule has 1 unspecified atom stereocenters. The minimum absolute atomic E-state index is 0.0511. The van der Waals surface area contributed by atoms with Crippen molar-refractivity contribution in [3.63, 3.8) is 0 Å². The number of Topliss-reactive ketones (excluding diaryl/α,β-unsaturated/α-hetero) is 1. The minimum Gasteiger partial charge on any atom is -0.480 e. The molecule has 0 radical (unpaired) electrons. The largest absolute Gasteiger partial charge is 0.538 e. The second-order valence-electron chi connectivity index (χ2n) is 12.3. The van der Waals surface area contributed by atoms with E-state index in [2.05, 4.69) is 35.1 Å². The predicted molar refractivity (Wildman–Crippen MR) is 205 cm³/mol. The van der Waals surface area contributed by atoms with E-state index in [1.165, 1.54) is 36.5 Å². The molecule has 0 saturated carbocycles. The van der Waals surface area contributed by atoms with Crippen molar-refractivity contribution in [2.45, 2.75) is 52.3 Å². The Morgan fingerprint density at radius 1 is 1.00 bits per heavy atom. The molecule has 0 fully saturated rings. The lowest BCUT2D eigenvalue weighted by Crippen LogP contribution is -2.41. The Morgan fingerprint density at radius 2 is 1.74 bits per heavy atom. The lowest BCUT2D eigenvalue weighted by atomic mass is 9.99. The van der Waals surface area contributed by atoms with Crippen LogP contribution in [0, 0.1) is 19.5 Å². The van der Waals surface area contributed by atoms with Crippen molar-refractivity contribution < 1.29 is 47.2 Å². The second-order valence-corrected chi connectivity index (χ2v) is 13.9. The third-order valence-corrected chi connectivity index (χ3v) is 9.47. The molecule has 0 aliphatic rings. The summed E-state index contributed by atoms with van der Waals surface area (Å²) in [5.41, 5.74) is 2.31. The van der Waals surface area contributed by atoms with Gasteiger partial charge in [-0.3, -0.25) is 23.4 Å². The number of phosphoric acid groups is 1. The third-order valence-electron chi connectivity index (χ3n) is 8.12. The maximum Gasteiger partial charge on any atom is 0.538 e. The summed E-state index contributed by atoms with van der Waals surface area (Å²) in [6.45, 7) is 3.36. The molecule has 18 heteroatoms. The van der Waals surface area contributed by atoms with Crippen molar-refractivity contribution in [2.24, 2.45) is 0 Å². The fraction of sp³-hybridized carbons (Fsp3) is 0.231. The number of terminal acetylenes is 1. The van der Waals surface area contributed by atoms with E-state index < -0.39 is 37.3 Å². The van der Waals surface area contributed by atoms with Crippen molar-refractivity contribution >= 4 is 48.3 Å². The standard InChI is InChI=1S/C39H37N6O11P/c1-4-53-57(52,54-5-2)55-23-25-10-17-31(18-11-25)56-39(51)32-9-7-6-8-27(32)20-30(46)16-19-33(38(49)50)45-36(47)26-12-14-28(15-13-26)40-21-29-22-41-35-34(44-29)37(48)43-24(3)42-35/h1,6-15,17-18,22,33,40H,5,16,19-21,23H2,2-3H3,(H,45,47)(H,49,50)(H,41,42,43,48)/t33-,57?/m0/s1. The Kier molecular flexibility index (Phi) is 14.0. The van der Waals surface area contributed by atoms with Gasteiger partial charge >= 0.3 is 19.8 Å². The second kappa shape index (κ2) is 19.2. The molecule has 0 aliphatic carbocycles. The number of aromatic amines is 1. The van der Waals surface area contributed by atoms with Crippen LogP contribution in [0.1, 0.15) is 63.1 Å². The summed E-state index contributed by atoms with van der Waals surface area (Å²) in [6.07, 6.45) is 7.77. The number of benzene rings is 3. The first-order chi connectivity index (χ1) is 27.4. The molecule has 0 aliphatic heterocycles. The Morgan fingerprint density at radius 3 is 2.44 bits per heavy atom. The highest BCUT2D eigenvalue weighted by molar-refractivity contribution is 7.48.